The fourth-order valence-electron chi connectivity index (χ4n) is 6.77. The molecule has 0 aliphatic heterocycles. The minimum absolute atomic E-state index is 0.0260. The Balaban J connectivity index is 3.82. The van der Waals surface area contributed by atoms with Gasteiger partial charge in [0.2, 0.25) is 29.5 Å². The summed E-state index contributed by atoms with van der Waals surface area (Å²) in [6.07, 6.45) is 18.4. The molecule has 23 nitrogen and oxygen atoms in total. The molecule has 0 bridgehead atoms. The van der Waals surface area contributed by atoms with Gasteiger partial charge in [-0.1, -0.05) is 89.9 Å². The molecule has 3 atom stereocenters. The van der Waals surface area contributed by atoms with Crippen molar-refractivity contribution >= 4 is 59.7 Å². The van der Waals surface area contributed by atoms with Gasteiger partial charge in [0.25, 0.3) is 0 Å². The van der Waals surface area contributed by atoms with Gasteiger partial charge < -0.3 is 66.0 Å². The van der Waals surface area contributed by atoms with E-state index in [0.29, 0.717) is 6.42 Å². The molecule has 9 N–H and O–H groups in total. The molecule has 5 amide bonds. The van der Waals surface area contributed by atoms with Crippen LogP contribution in [-0.2, 0) is 66.9 Å². The molecule has 1 radical (unpaired) electrons. The van der Waals surface area contributed by atoms with Gasteiger partial charge in [-0.15, -0.1) is 0 Å². The highest BCUT2D eigenvalue weighted by atomic mass is 16.5. The van der Waals surface area contributed by atoms with Crippen LogP contribution in [-0.4, -0.2) is 164 Å². The first-order valence-electron chi connectivity index (χ1n) is 24.6. The third kappa shape index (κ3) is 41.7. The van der Waals surface area contributed by atoms with E-state index in [1.807, 2.05) is 0 Å². The Labute approximate surface area is 411 Å². The first-order valence-corrected chi connectivity index (χ1v) is 24.6. The monoisotopic (exact) mass is 1000 g/mol. The first-order chi connectivity index (χ1) is 33.7. The summed E-state index contributed by atoms with van der Waals surface area (Å²) in [6.45, 7) is 0.131. The lowest BCUT2D eigenvalue weighted by Crippen LogP contribution is -2.44. The number of carboxylic acids is 4. The van der Waals surface area contributed by atoms with Gasteiger partial charge in [-0.05, 0) is 32.1 Å². The van der Waals surface area contributed by atoms with Gasteiger partial charge in [-0.2, -0.15) is 0 Å². The van der Waals surface area contributed by atoms with E-state index in [1.165, 1.54) is 57.7 Å². The summed E-state index contributed by atoms with van der Waals surface area (Å²) in [7, 11) is 0. The second-order valence-electron chi connectivity index (χ2n) is 16.7. The van der Waals surface area contributed by atoms with Gasteiger partial charge in [0.1, 0.15) is 31.3 Å². The molecule has 0 fully saturated rings. The summed E-state index contributed by atoms with van der Waals surface area (Å²) in [5.41, 5.74) is 0. The van der Waals surface area contributed by atoms with E-state index in [-0.39, 0.29) is 116 Å². The van der Waals surface area contributed by atoms with Crippen molar-refractivity contribution in [2.75, 3.05) is 65.9 Å². The lowest BCUT2D eigenvalue weighted by Gasteiger charge is -2.16. The molecule has 0 saturated heterocycles. The Bertz CT molecular complexity index is 1520. The van der Waals surface area contributed by atoms with Crippen LogP contribution in [0.2, 0.25) is 0 Å². The van der Waals surface area contributed by atoms with Crippen molar-refractivity contribution in [1.82, 2.24) is 26.6 Å². The largest absolute Gasteiger partial charge is 0.481 e. The van der Waals surface area contributed by atoms with Crippen LogP contribution in [0.15, 0.2) is 0 Å². The van der Waals surface area contributed by atoms with E-state index >= 15 is 0 Å². The van der Waals surface area contributed by atoms with E-state index in [2.05, 4.69) is 26.6 Å². The Kier molecular flexibility index (Phi) is 41.5. The van der Waals surface area contributed by atoms with E-state index in [0.717, 1.165) is 44.9 Å². The first kappa shape index (κ1) is 64.7. The van der Waals surface area contributed by atoms with Crippen molar-refractivity contribution in [1.29, 1.82) is 0 Å². The lowest BCUT2D eigenvalue weighted by molar-refractivity contribution is -0.144. The predicted octanol–water partition coefficient (Wildman–Crippen LogP) is 2.55. The molecule has 401 valence electrons. The number of carboxylic acid groups (broad SMARTS) is 4. The summed E-state index contributed by atoms with van der Waals surface area (Å²) >= 11 is 0. The van der Waals surface area contributed by atoms with Crippen LogP contribution < -0.4 is 26.6 Å². The molecule has 0 aliphatic rings. The van der Waals surface area contributed by atoms with Crippen LogP contribution in [0.4, 0.5) is 0 Å². The summed E-state index contributed by atoms with van der Waals surface area (Å²) in [6, 6.07) is -3.95. The van der Waals surface area contributed by atoms with Gasteiger partial charge in [-0.3, -0.25) is 33.6 Å². The molecule has 23 heteroatoms. The number of amides is 5. The summed E-state index contributed by atoms with van der Waals surface area (Å²) in [5, 5.41) is 48.8. The summed E-state index contributed by atoms with van der Waals surface area (Å²) < 4.78 is 21.1. The maximum atomic E-state index is 12.4. The molecule has 0 heterocycles. The summed E-state index contributed by atoms with van der Waals surface area (Å²) in [5.74, 6) is -7.37. The smallest absolute Gasteiger partial charge is 0.326 e. The van der Waals surface area contributed by atoms with Crippen LogP contribution >= 0.6 is 0 Å². The van der Waals surface area contributed by atoms with Crippen LogP contribution in [0.1, 0.15) is 154 Å². The molecule has 0 unspecified atom stereocenters. The quantitative estimate of drug-likeness (QED) is 0.0395. The second-order valence-corrected chi connectivity index (χ2v) is 16.7. The third-order valence-electron chi connectivity index (χ3n) is 10.6. The second kappa shape index (κ2) is 44.9. The molecule has 0 aromatic heterocycles. The van der Waals surface area contributed by atoms with Gasteiger partial charge in [0.15, 0.2) is 6.29 Å². The van der Waals surface area contributed by atoms with Crippen molar-refractivity contribution in [2.45, 2.75) is 172 Å². The molecule has 0 aromatic carbocycles. The van der Waals surface area contributed by atoms with Crippen molar-refractivity contribution in [3.63, 3.8) is 0 Å². The van der Waals surface area contributed by atoms with Crippen molar-refractivity contribution in [2.24, 2.45) is 0 Å². The van der Waals surface area contributed by atoms with Crippen LogP contribution in [0.5, 0.6) is 0 Å². The number of carbonyl (C=O) groups excluding carboxylic acids is 6. The van der Waals surface area contributed by atoms with Crippen molar-refractivity contribution in [3.8, 4) is 0 Å². The van der Waals surface area contributed by atoms with Crippen LogP contribution in [0.3, 0.4) is 0 Å². The van der Waals surface area contributed by atoms with Crippen LogP contribution in [0, 0.1) is 0 Å². The van der Waals surface area contributed by atoms with Gasteiger partial charge >= 0.3 is 23.9 Å². The number of hydrogen-bond donors (Lipinski definition) is 9. The van der Waals surface area contributed by atoms with E-state index in [9.17, 15) is 58.2 Å². The topological polar surface area (TPSA) is 349 Å². The maximum Gasteiger partial charge on any atom is 0.326 e. The van der Waals surface area contributed by atoms with E-state index < -0.39 is 72.8 Å². The standard InChI is InChI=1S/C47H80N5O18/c53-27-17-18-36(45(61)62)50-41(56)24-22-38(47(65)66)52-43(58)35-70-33-31-68-29-26-49-42(57)34-69-32-30-67-28-25-48-39(54)23-21-37(46(63)64)51-40(55)19-15-13-11-9-7-5-3-1-2-4-6-8-10-12-14-16-20-44(59)60/h36-38H,1-26,28-35H2,(H,48,54)(H,49,57)(H,50,56)(H,51,55)(H,52,58)(H,59,60)(H,61,62)(H,63,64)(H,65,66)/t36-,37-,38-/m0/s1. The minimum Gasteiger partial charge on any atom is -0.481 e. The molecule has 0 spiro atoms. The highest BCUT2D eigenvalue weighted by Crippen LogP contribution is 2.15. The van der Waals surface area contributed by atoms with Crippen molar-refractivity contribution in [3.05, 3.63) is 0 Å². The predicted molar refractivity (Wildman–Crippen MR) is 252 cm³/mol. The lowest BCUT2D eigenvalue weighted by atomic mass is 10.0. The zero-order valence-electron chi connectivity index (χ0n) is 40.8. The van der Waals surface area contributed by atoms with Gasteiger partial charge in [-0.25, -0.2) is 14.4 Å². The fourth-order valence-corrected chi connectivity index (χ4v) is 6.77. The number of hydrogen-bond acceptors (Lipinski definition) is 14. The number of carbonyl (C=O) groups is 9. The Morgan fingerprint density at radius 3 is 1.14 bits per heavy atom. The molecule has 0 saturated carbocycles. The number of ether oxygens (including phenoxy) is 4. The number of nitrogens with one attached hydrogen (secondary N) is 5. The number of rotatable bonds is 50. The minimum atomic E-state index is -1.44. The Hall–Kier alpha value is -5.26. The Morgan fingerprint density at radius 1 is 0.371 bits per heavy atom. The molecular weight excluding hydrogens is 923 g/mol. The van der Waals surface area contributed by atoms with E-state index in [1.54, 1.807) is 0 Å². The normalized spacial score (nSPS) is 12.2. The third-order valence-corrected chi connectivity index (χ3v) is 10.6. The fraction of sp³-hybridized carbons (Fsp3) is 0.787. The SMILES string of the molecule is O=[C]CC[C@H](NC(=O)CC[C@H](NC(=O)COCCOCCNC(=O)COCCOCCNC(=O)CC[C@H](NC(=O)CCCCCCCCCCCCCCCCCCC(=O)O)C(=O)O)C(=O)O)C(=O)O. The maximum absolute atomic E-state index is 12.4. The van der Waals surface area contributed by atoms with E-state index in [4.69, 9.17) is 29.2 Å². The highest BCUT2D eigenvalue weighted by Gasteiger charge is 2.24. The zero-order chi connectivity index (χ0) is 52.0. The molecule has 0 aliphatic carbocycles. The number of unbranched alkanes of at least 4 members (excludes halogenated alkanes) is 15. The molecule has 70 heavy (non-hydrogen) atoms. The highest BCUT2D eigenvalue weighted by molar-refractivity contribution is 5.87. The van der Waals surface area contributed by atoms with Crippen LogP contribution in [0.25, 0.3) is 0 Å². The average Bonchev–Trinajstić information content (AvgIpc) is 3.31. The van der Waals surface area contributed by atoms with Crippen molar-refractivity contribution < 1.29 is 87.3 Å². The zero-order valence-corrected chi connectivity index (χ0v) is 40.8. The number of aliphatic carboxylic acids is 4. The molecule has 0 rings (SSSR count). The van der Waals surface area contributed by atoms with Gasteiger partial charge in [0, 0.05) is 45.2 Å². The van der Waals surface area contributed by atoms with Gasteiger partial charge in [0.05, 0.1) is 39.6 Å². The molecular formula is C47H80N5O18. The Morgan fingerprint density at radius 2 is 0.714 bits per heavy atom. The molecule has 0 aromatic rings. The average molecular weight is 1000 g/mol. The summed E-state index contributed by atoms with van der Waals surface area (Å²) in [4.78, 5) is 116.